The van der Waals surface area contributed by atoms with E-state index in [1.54, 1.807) is 0 Å². The van der Waals surface area contributed by atoms with E-state index in [9.17, 15) is 4.79 Å². The van der Waals surface area contributed by atoms with Crippen LogP contribution in [0.1, 0.15) is 27.7 Å². The summed E-state index contributed by atoms with van der Waals surface area (Å²) in [6, 6.07) is 0. The molecule has 0 saturated heterocycles. The molecule has 0 aromatic rings. The molecule has 66 valence electrons. The topological polar surface area (TPSA) is 26.3 Å². The molecule has 0 saturated carbocycles. The van der Waals surface area contributed by atoms with Crippen molar-refractivity contribution in [1.29, 1.82) is 0 Å². The minimum Gasteiger partial charge on any atom is -0.460 e. The van der Waals surface area contributed by atoms with E-state index in [1.807, 2.05) is 27.7 Å². The van der Waals surface area contributed by atoms with Crippen molar-refractivity contribution in [2.75, 3.05) is 12.3 Å². The van der Waals surface area contributed by atoms with Gasteiger partial charge >= 0.3 is 5.71 Å². The largest absolute Gasteiger partial charge is 0.460 e. The monoisotopic (exact) mass is 176 g/mol. The number of hydrogen-bond donors (Lipinski definition) is 0. The Morgan fingerprint density at radius 3 is 2.09 bits per heavy atom. The molecule has 0 aliphatic rings. The van der Waals surface area contributed by atoms with Crippen LogP contribution >= 0.6 is 7.92 Å². The second kappa shape index (κ2) is 5.54. The minimum absolute atomic E-state index is 0.0139. The van der Waals surface area contributed by atoms with Crippen LogP contribution in [0.2, 0.25) is 0 Å². The van der Waals surface area contributed by atoms with Crippen molar-refractivity contribution in [3.63, 3.8) is 0 Å². The highest BCUT2D eigenvalue weighted by atomic mass is 31.1. The number of hydrogen-bond acceptors (Lipinski definition) is 2. The maximum atomic E-state index is 11.2. The Bertz CT molecular complexity index is 119. The Morgan fingerprint density at radius 2 is 1.82 bits per heavy atom. The fourth-order valence-corrected chi connectivity index (χ4v) is 2.08. The Balaban J connectivity index is 3.79. The lowest BCUT2D eigenvalue weighted by Crippen LogP contribution is -2.09. The van der Waals surface area contributed by atoms with Gasteiger partial charge in [-0.2, -0.15) is 0 Å². The maximum absolute atomic E-state index is 11.2. The van der Waals surface area contributed by atoms with Gasteiger partial charge in [-0.3, -0.25) is 0 Å². The lowest BCUT2D eigenvalue weighted by atomic mass is 10.5. The molecule has 3 heteroatoms. The summed E-state index contributed by atoms with van der Waals surface area (Å²) in [4.78, 5) is 11.2. The van der Waals surface area contributed by atoms with E-state index in [2.05, 4.69) is 0 Å². The summed E-state index contributed by atoms with van der Waals surface area (Å²) in [5.41, 5.74) is 0.0139. The molecule has 0 aliphatic heterocycles. The summed E-state index contributed by atoms with van der Waals surface area (Å²) in [5.74, 6) is 0. The molecule has 0 rings (SSSR count). The highest BCUT2D eigenvalue weighted by Crippen LogP contribution is 2.36. The van der Waals surface area contributed by atoms with Crippen LogP contribution in [0.4, 0.5) is 4.79 Å². The molecule has 0 radical (unpaired) electrons. The third kappa shape index (κ3) is 4.36. The van der Waals surface area contributed by atoms with Gasteiger partial charge in [-0.1, -0.05) is 13.8 Å². The Kier molecular flexibility index (Phi) is 5.49. The number of carbonyl (C=O) groups excluding carboxylic acids is 1. The van der Waals surface area contributed by atoms with E-state index in [-0.39, 0.29) is 11.8 Å². The van der Waals surface area contributed by atoms with Gasteiger partial charge in [0.2, 0.25) is 0 Å². The van der Waals surface area contributed by atoms with Crippen molar-refractivity contribution in [3.8, 4) is 0 Å². The predicted molar refractivity (Wildman–Crippen MR) is 49.6 cm³/mol. The molecule has 0 aliphatic carbocycles. The van der Waals surface area contributed by atoms with E-state index in [0.717, 1.165) is 12.3 Å². The van der Waals surface area contributed by atoms with E-state index < -0.39 is 7.92 Å². The molecule has 0 aromatic carbocycles. The minimum atomic E-state index is -0.511. The van der Waals surface area contributed by atoms with Crippen LogP contribution in [0.15, 0.2) is 0 Å². The van der Waals surface area contributed by atoms with Crippen molar-refractivity contribution in [2.45, 2.75) is 33.8 Å². The molecule has 0 heterocycles. The zero-order valence-corrected chi connectivity index (χ0v) is 8.65. The van der Waals surface area contributed by atoms with Crippen molar-refractivity contribution < 1.29 is 9.53 Å². The van der Waals surface area contributed by atoms with E-state index in [0.29, 0.717) is 0 Å². The van der Waals surface area contributed by atoms with Crippen LogP contribution in [0.3, 0.4) is 0 Å². The SMILES string of the molecule is CCP(CC)C(=O)OC(C)C. The van der Waals surface area contributed by atoms with Crippen LogP contribution in [0, 0.1) is 0 Å². The second-order valence-electron chi connectivity index (χ2n) is 2.60. The van der Waals surface area contributed by atoms with Crippen molar-refractivity contribution in [1.82, 2.24) is 0 Å². The highest BCUT2D eigenvalue weighted by molar-refractivity contribution is 7.74. The summed E-state index contributed by atoms with van der Waals surface area (Å²) >= 11 is 0. The molecule has 0 N–H and O–H groups in total. The summed E-state index contributed by atoms with van der Waals surface area (Å²) < 4.78 is 5.08. The lowest BCUT2D eigenvalue weighted by molar-refractivity contribution is 0.141. The molecular formula is C8H17O2P. The smallest absolute Gasteiger partial charge is 0.326 e. The predicted octanol–water partition coefficient (Wildman–Crippen LogP) is 3.05. The van der Waals surface area contributed by atoms with Crippen LogP contribution in [-0.2, 0) is 4.74 Å². The molecule has 0 aromatic heterocycles. The van der Waals surface area contributed by atoms with Gasteiger partial charge in [0.25, 0.3) is 0 Å². The first-order valence-corrected chi connectivity index (χ1v) is 5.78. The lowest BCUT2D eigenvalue weighted by Gasteiger charge is -2.14. The quantitative estimate of drug-likeness (QED) is 0.615. The average Bonchev–Trinajstić information content (AvgIpc) is 1.88. The number of ether oxygens (including phenoxy) is 1. The van der Waals surface area contributed by atoms with Gasteiger partial charge in [-0.15, -0.1) is 0 Å². The molecule has 0 fully saturated rings. The molecule has 0 atom stereocenters. The Morgan fingerprint density at radius 1 is 1.36 bits per heavy atom. The summed E-state index contributed by atoms with van der Waals surface area (Å²) in [7, 11) is -0.511. The molecule has 0 amide bonds. The van der Waals surface area contributed by atoms with Gasteiger partial charge < -0.3 is 4.74 Å². The summed E-state index contributed by atoms with van der Waals surface area (Å²) in [5, 5.41) is 0. The molecule has 2 nitrogen and oxygen atoms in total. The van der Waals surface area contributed by atoms with Gasteiger partial charge in [0.15, 0.2) is 0 Å². The first kappa shape index (κ1) is 10.9. The first-order valence-electron chi connectivity index (χ1n) is 4.07. The summed E-state index contributed by atoms with van der Waals surface area (Å²) in [6.07, 6.45) is 1.92. The Hall–Kier alpha value is -0.100. The number of rotatable bonds is 4. The van der Waals surface area contributed by atoms with Crippen molar-refractivity contribution in [2.24, 2.45) is 0 Å². The average molecular weight is 176 g/mol. The van der Waals surface area contributed by atoms with Crippen LogP contribution in [-0.4, -0.2) is 24.1 Å². The maximum Gasteiger partial charge on any atom is 0.326 e. The fraction of sp³-hybridized carbons (Fsp3) is 0.875. The third-order valence-corrected chi connectivity index (χ3v) is 3.51. The van der Waals surface area contributed by atoms with E-state index in [1.165, 1.54) is 0 Å². The summed E-state index contributed by atoms with van der Waals surface area (Å²) in [6.45, 7) is 7.85. The van der Waals surface area contributed by atoms with Crippen molar-refractivity contribution >= 4 is 13.6 Å². The zero-order chi connectivity index (χ0) is 8.85. The van der Waals surface area contributed by atoms with Crippen molar-refractivity contribution in [3.05, 3.63) is 0 Å². The van der Waals surface area contributed by atoms with Gasteiger partial charge in [0.1, 0.15) is 0 Å². The van der Waals surface area contributed by atoms with E-state index in [4.69, 9.17) is 4.74 Å². The van der Waals surface area contributed by atoms with Gasteiger partial charge in [0, 0.05) is 7.92 Å². The Labute approximate surface area is 70.1 Å². The van der Waals surface area contributed by atoms with Gasteiger partial charge in [-0.25, -0.2) is 4.79 Å². The second-order valence-corrected chi connectivity index (χ2v) is 5.31. The van der Waals surface area contributed by atoms with E-state index >= 15 is 0 Å². The van der Waals surface area contributed by atoms with Crippen LogP contribution < -0.4 is 0 Å². The van der Waals surface area contributed by atoms with Gasteiger partial charge in [-0.05, 0) is 26.2 Å². The first-order chi connectivity index (χ1) is 5.11. The number of carbonyl (C=O) groups is 1. The molecule has 0 bridgehead atoms. The van der Waals surface area contributed by atoms with Crippen LogP contribution in [0.25, 0.3) is 0 Å². The van der Waals surface area contributed by atoms with Crippen LogP contribution in [0.5, 0.6) is 0 Å². The molecular weight excluding hydrogens is 159 g/mol. The third-order valence-electron chi connectivity index (χ3n) is 1.36. The molecule has 0 spiro atoms. The standard InChI is InChI=1S/C8H17O2P/c1-5-11(6-2)8(9)10-7(3)4/h7H,5-6H2,1-4H3. The van der Waals surface area contributed by atoms with Gasteiger partial charge in [0.05, 0.1) is 6.10 Å². The normalized spacial score (nSPS) is 10.7. The molecule has 11 heavy (non-hydrogen) atoms. The fourth-order valence-electron chi connectivity index (χ4n) is 0.758. The zero-order valence-electron chi connectivity index (χ0n) is 7.76. The molecule has 0 unspecified atom stereocenters. The highest BCUT2D eigenvalue weighted by Gasteiger charge is 2.15.